The number of aromatic nitrogens is 5. The summed E-state index contributed by atoms with van der Waals surface area (Å²) in [5.41, 5.74) is 1.05. The standard InChI is InChI=1S/C18H20N6O2.CH2O2/c1-13-18(25)23(9-14-3-5-15(26-2)6-4-14)11-17-21-20-16(24(13)17)10-22-8-7-19-12-22;2-1-3/h3-8,12-13H,9-11H2,1-2H3;1H,(H,2,3)/t13-;/m0./s1. The lowest BCUT2D eigenvalue weighted by Crippen LogP contribution is -2.41. The lowest BCUT2D eigenvalue weighted by molar-refractivity contribution is -0.137. The van der Waals surface area contributed by atoms with E-state index >= 15 is 0 Å². The van der Waals surface area contributed by atoms with Crippen LogP contribution in [0, 0.1) is 0 Å². The molecule has 10 nitrogen and oxygen atoms in total. The lowest BCUT2D eigenvalue weighted by atomic mass is 10.1. The fourth-order valence-electron chi connectivity index (χ4n) is 3.28. The van der Waals surface area contributed by atoms with Crippen molar-refractivity contribution in [1.29, 1.82) is 0 Å². The fraction of sp³-hybridized carbons (Fsp3) is 0.316. The summed E-state index contributed by atoms with van der Waals surface area (Å²) in [6, 6.07) is 7.42. The highest BCUT2D eigenvalue weighted by atomic mass is 16.5. The van der Waals surface area contributed by atoms with Gasteiger partial charge < -0.3 is 19.3 Å². The molecule has 0 saturated heterocycles. The molecule has 0 unspecified atom stereocenters. The molecule has 1 aromatic carbocycles. The van der Waals surface area contributed by atoms with Crippen LogP contribution in [0.1, 0.15) is 30.2 Å². The zero-order valence-electron chi connectivity index (χ0n) is 16.2. The maximum atomic E-state index is 12.9. The van der Waals surface area contributed by atoms with Crippen molar-refractivity contribution in [3.63, 3.8) is 0 Å². The minimum Gasteiger partial charge on any atom is -0.497 e. The minimum atomic E-state index is -0.328. The molecule has 3 aromatic rings. The van der Waals surface area contributed by atoms with Crippen LogP contribution < -0.4 is 4.74 Å². The Bertz CT molecular complexity index is 952. The third-order valence-electron chi connectivity index (χ3n) is 4.64. The Morgan fingerprint density at radius 1 is 1.24 bits per heavy atom. The van der Waals surface area contributed by atoms with Gasteiger partial charge in [-0.3, -0.25) is 14.2 Å². The SMILES string of the molecule is COc1ccc(CN2Cc3nnc(Cn4ccnc4)n3[C@@H](C)C2=O)cc1.O=CO. The van der Waals surface area contributed by atoms with Crippen LogP contribution in [0.4, 0.5) is 0 Å². The Kier molecular flexibility index (Phi) is 6.22. The predicted octanol–water partition coefficient (Wildman–Crippen LogP) is 1.34. The Balaban J connectivity index is 0.000000755. The number of imidazole rings is 1. The highest BCUT2D eigenvalue weighted by Gasteiger charge is 2.33. The van der Waals surface area contributed by atoms with Crippen molar-refractivity contribution >= 4 is 12.4 Å². The Morgan fingerprint density at radius 3 is 2.59 bits per heavy atom. The Labute approximate surface area is 167 Å². The van der Waals surface area contributed by atoms with E-state index in [0.717, 1.165) is 23.0 Å². The molecule has 0 aliphatic carbocycles. The smallest absolute Gasteiger partial charge is 0.290 e. The second-order valence-corrected chi connectivity index (χ2v) is 6.46. The topological polar surface area (TPSA) is 115 Å². The predicted molar refractivity (Wildman–Crippen MR) is 102 cm³/mol. The number of carbonyl (C=O) groups excluding carboxylic acids is 1. The summed E-state index contributed by atoms with van der Waals surface area (Å²) in [6.45, 7) is 3.18. The van der Waals surface area contributed by atoms with E-state index in [1.54, 1.807) is 19.6 Å². The van der Waals surface area contributed by atoms with E-state index in [4.69, 9.17) is 14.6 Å². The molecule has 3 heterocycles. The van der Waals surface area contributed by atoms with E-state index in [0.29, 0.717) is 19.6 Å². The summed E-state index contributed by atoms with van der Waals surface area (Å²) in [4.78, 5) is 27.1. The van der Waals surface area contributed by atoms with Crippen LogP contribution in [-0.4, -0.2) is 53.8 Å². The number of rotatable bonds is 5. The summed E-state index contributed by atoms with van der Waals surface area (Å²) in [5, 5.41) is 15.5. The van der Waals surface area contributed by atoms with Crippen molar-refractivity contribution < 1.29 is 19.4 Å². The van der Waals surface area contributed by atoms with Crippen LogP contribution in [0.3, 0.4) is 0 Å². The maximum absolute atomic E-state index is 12.9. The molecule has 1 N–H and O–H groups in total. The van der Waals surface area contributed by atoms with Gasteiger partial charge in [-0.1, -0.05) is 12.1 Å². The Hall–Kier alpha value is -3.69. The molecule has 1 aliphatic rings. The summed E-state index contributed by atoms with van der Waals surface area (Å²) in [6.07, 6.45) is 5.32. The molecule has 29 heavy (non-hydrogen) atoms. The number of carboxylic acid groups (broad SMARTS) is 1. The fourth-order valence-corrected chi connectivity index (χ4v) is 3.28. The second-order valence-electron chi connectivity index (χ2n) is 6.46. The molecule has 0 saturated carbocycles. The zero-order chi connectivity index (χ0) is 20.8. The molecule has 2 aromatic heterocycles. The van der Waals surface area contributed by atoms with Crippen LogP contribution in [0.25, 0.3) is 0 Å². The number of ether oxygens (including phenoxy) is 1. The largest absolute Gasteiger partial charge is 0.497 e. The summed E-state index contributed by atoms with van der Waals surface area (Å²) < 4.78 is 9.03. The Morgan fingerprint density at radius 2 is 1.97 bits per heavy atom. The molecular weight excluding hydrogens is 376 g/mol. The molecule has 0 radical (unpaired) electrons. The number of hydrogen-bond donors (Lipinski definition) is 1. The highest BCUT2D eigenvalue weighted by Crippen LogP contribution is 2.25. The number of benzene rings is 1. The molecule has 0 fully saturated rings. The van der Waals surface area contributed by atoms with Gasteiger partial charge >= 0.3 is 0 Å². The van der Waals surface area contributed by atoms with Gasteiger partial charge in [-0.15, -0.1) is 10.2 Å². The first-order valence-electron chi connectivity index (χ1n) is 8.95. The van der Waals surface area contributed by atoms with Gasteiger partial charge in [-0.05, 0) is 24.6 Å². The van der Waals surface area contributed by atoms with Gasteiger partial charge in [-0.25, -0.2) is 4.98 Å². The molecule has 1 aliphatic heterocycles. The van der Waals surface area contributed by atoms with Crippen LogP contribution in [-0.2, 0) is 29.2 Å². The van der Waals surface area contributed by atoms with E-state index in [1.807, 2.05) is 51.4 Å². The molecule has 1 atom stereocenters. The van der Waals surface area contributed by atoms with Gasteiger partial charge in [0.25, 0.3) is 6.47 Å². The van der Waals surface area contributed by atoms with Crippen LogP contribution in [0.2, 0.25) is 0 Å². The number of hydrogen-bond acceptors (Lipinski definition) is 6. The number of nitrogens with zero attached hydrogens (tertiary/aromatic N) is 6. The second kappa shape index (κ2) is 9.00. The third kappa shape index (κ3) is 4.42. The van der Waals surface area contributed by atoms with Crippen LogP contribution in [0.15, 0.2) is 43.0 Å². The highest BCUT2D eigenvalue weighted by molar-refractivity contribution is 5.81. The van der Waals surface area contributed by atoms with Crippen molar-refractivity contribution in [2.45, 2.75) is 32.6 Å². The minimum absolute atomic E-state index is 0.0694. The quantitative estimate of drug-likeness (QED) is 0.645. The van der Waals surface area contributed by atoms with Crippen LogP contribution in [0.5, 0.6) is 5.75 Å². The number of methoxy groups -OCH3 is 1. The molecule has 0 spiro atoms. The molecule has 4 rings (SSSR count). The lowest BCUT2D eigenvalue weighted by Gasteiger charge is -2.32. The monoisotopic (exact) mass is 398 g/mol. The zero-order valence-corrected chi connectivity index (χ0v) is 16.2. The van der Waals surface area contributed by atoms with Crippen molar-refractivity contribution in [3.05, 3.63) is 60.2 Å². The third-order valence-corrected chi connectivity index (χ3v) is 4.64. The number of fused-ring (bicyclic) bond motifs is 1. The maximum Gasteiger partial charge on any atom is 0.290 e. The van der Waals surface area contributed by atoms with Gasteiger partial charge in [0.2, 0.25) is 5.91 Å². The number of carbonyl (C=O) groups is 2. The first kappa shape index (κ1) is 20.1. The van der Waals surface area contributed by atoms with E-state index < -0.39 is 0 Å². The molecule has 1 amide bonds. The van der Waals surface area contributed by atoms with E-state index in [1.165, 1.54) is 0 Å². The summed E-state index contributed by atoms with van der Waals surface area (Å²) in [5.74, 6) is 2.44. The van der Waals surface area contributed by atoms with E-state index in [-0.39, 0.29) is 18.4 Å². The average molecular weight is 398 g/mol. The molecule has 10 heteroatoms. The summed E-state index contributed by atoms with van der Waals surface area (Å²) >= 11 is 0. The number of amides is 1. The van der Waals surface area contributed by atoms with E-state index in [9.17, 15) is 4.79 Å². The van der Waals surface area contributed by atoms with Gasteiger partial charge in [0.1, 0.15) is 11.8 Å². The first-order valence-corrected chi connectivity index (χ1v) is 8.95. The normalized spacial score (nSPS) is 15.3. The van der Waals surface area contributed by atoms with Crippen molar-refractivity contribution in [1.82, 2.24) is 29.2 Å². The van der Waals surface area contributed by atoms with Gasteiger partial charge in [0.05, 0.1) is 26.5 Å². The van der Waals surface area contributed by atoms with Crippen molar-refractivity contribution in [2.75, 3.05) is 7.11 Å². The van der Waals surface area contributed by atoms with Gasteiger partial charge in [-0.2, -0.15) is 0 Å². The van der Waals surface area contributed by atoms with Crippen molar-refractivity contribution in [2.24, 2.45) is 0 Å². The van der Waals surface area contributed by atoms with E-state index in [2.05, 4.69) is 15.2 Å². The first-order chi connectivity index (χ1) is 14.1. The summed E-state index contributed by atoms with van der Waals surface area (Å²) in [7, 11) is 1.64. The molecule has 0 bridgehead atoms. The van der Waals surface area contributed by atoms with Gasteiger partial charge in [0.15, 0.2) is 11.6 Å². The van der Waals surface area contributed by atoms with Gasteiger partial charge in [0, 0.05) is 18.9 Å². The average Bonchev–Trinajstić information content (AvgIpc) is 3.37. The molecule has 152 valence electrons. The van der Waals surface area contributed by atoms with Crippen molar-refractivity contribution in [3.8, 4) is 5.75 Å². The van der Waals surface area contributed by atoms with Crippen LogP contribution >= 0.6 is 0 Å². The molecular formula is C19H22N6O4.